The number of aliphatic hydroxyl groups is 1. The minimum Gasteiger partial charge on any atom is -0.396 e. The van der Waals surface area contributed by atoms with Crippen LogP contribution in [0, 0.1) is 0 Å². The van der Waals surface area contributed by atoms with Gasteiger partial charge in [-0.05, 0) is 17.5 Å². The quantitative estimate of drug-likeness (QED) is 0.887. The number of aliphatic hydroxyl groups excluding tert-OH is 1. The molecular weight excluding hydrogens is 300 g/mol. The molecule has 22 heavy (non-hydrogen) atoms. The van der Waals surface area contributed by atoms with Gasteiger partial charge in [-0.25, -0.2) is 4.98 Å². The molecule has 6 heteroatoms. The molecule has 2 N–H and O–H groups in total. The SMILES string of the molecule is COCc1nc(C(=O)N[C@@H]2C[C@H](CO)c3ccccc32)cs1. The van der Waals surface area contributed by atoms with Crippen molar-refractivity contribution in [2.75, 3.05) is 13.7 Å². The zero-order valence-corrected chi connectivity index (χ0v) is 13.1. The third kappa shape index (κ3) is 2.90. The summed E-state index contributed by atoms with van der Waals surface area (Å²) < 4.78 is 5.02. The number of methoxy groups -OCH3 is 1. The van der Waals surface area contributed by atoms with Gasteiger partial charge < -0.3 is 15.2 Å². The van der Waals surface area contributed by atoms with E-state index in [4.69, 9.17) is 4.74 Å². The highest BCUT2D eigenvalue weighted by molar-refractivity contribution is 7.09. The van der Waals surface area contributed by atoms with E-state index >= 15 is 0 Å². The topological polar surface area (TPSA) is 71.5 Å². The third-order valence-corrected chi connectivity index (χ3v) is 4.73. The first-order valence-corrected chi connectivity index (χ1v) is 8.04. The van der Waals surface area contributed by atoms with Crippen LogP contribution in [0.4, 0.5) is 0 Å². The van der Waals surface area contributed by atoms with E-state index in [1.54, 1.807) is 12.5 Å². The number of amides is 1. The van der Waals surface area contributed by atoms with Gasteiger partial charge in [-0.15, -0.1) is 11.3 Å². The fourth-order valence-corrected chi connectivity index (χ4v) is 3.63. The molecule has 0 spiro atoms. The van der Waals surface area contributed by atoms with Crippen LogP contribution in [-0.2, 0) is 11.3 Å². The minimum atomic E-state index is -0.183. The van der Waals surface area contributed by atoms with Gasteiger partial charge >= 0.3 is 0 Å². The number of nitrogens with one attached hydrogen (secondary N) is 1. The van der Waals surface area contributed by atoms with Crippen molar-refractivity contribution in [1.29, 1.82) is 0 Å². The van der Waals surface area contributed by atoms with Gasteiger partial charge in [0.2, 0.25) is 0 Å². The van der Waals surface area contributed by atoms with Crippen molar-refractivity contribution >= 4 is 17.2 Å². The van der Waals surface area contributed by atoms with Crippen molar-refractivity contribution < 1.29 is 14.6 Å². The molecule has 0 aliphatic heterocycles. The van der Waals surface area contributed by atoms with Crippen molar-refractivity contribution in [3.63, 3.8) is 0 Å². The Bertz CT molecular complexity index is 671. The second-order valence-electron chi connectivity index (χ2n) is 5.33. The average molecular weight is 318 g/mol. The maximum Gasteiger partial charge on any atom is 0.271 e. The number of hydrogen-bond donors (Lipinski definition) is 2. The second kappa shape index (κ2) is 6.56. The lowest BCUT2D eigenvalue weighted by molar-refractivity contribution is 0.0929. The molecule has 0 bridgehead atoms. The Morgan fingerprint density at radius 2 is 2.23 bits per heavy atom. The molecule has 116 valence electrons. The Hall–Kier alpha value is -1.76. The summed E-state index contributed by atoms with van der Waals surface area (Å²) in [7, 11) is 1.60. The van der Waals surface area contributed by atoms with Gasteiger partial charge in [-0.2, -0.15) is 0 Å². The van der Waals surface area contributed by atoms with Crippen LogP contribution in [0.25, 0.3) is 0 Å². The molecule has 0 fully saturated rings. The lowest BCUT2D eigenvalue weighted by atomic mass is 10.0. The number of ether oxygens (including phenoxy) is 1. The molecule has 0 saturated carbocycles. The lowest BCUT2D eigenvalue weighted by Gasteiger charge is -2.13. The predicted octanol–water partition coefficient (Wildman–Crippen LogP) is 2.24. The number of thiazole rings is 1. The van der Waals surface area contributed by atoms with E-state index < -0.39 is 0 Å². The summed E-state index contributed by atoms with van der Waals surface area (Å²) in [5.74, 6) is -0.0991. The first kappa shape index (κ1) is 15.1. The Morgan fingerprint density at radius 3 is 2.95 bits per heavy atom. The number of hydrogen-bond acceptors (Lipinski definition) is 5. The van der Waals surface area contributed by atoms with Crippen molar-refractivity contribution in [1.82, 2.24) is 10.3 Å². The van der Waals surface area contributed by atoms with Gasteiger partial charge in [-0.3, -0.25) is 4.79 Å². The fraction of sp³-hybridized carbons (Fsp3) is 0.375. The normalized spacial score (nSPS) is 19.9. The summed E-state index contributed by atoms with van der Waals surface area (Å²) in [6.45, 7) is 0.509. The molecule has 1 aliphatic rings. The molecule has 2 aromatic rings. The average Bonchev–Trinajstić information content (AvgIpc) is 3.13. The van der Waals surface area contributed by atoms with Gasteiger partial charge in [0, 0.05) is 18.4 Å². The van der Waals surface area contributed by atoms with Crippen LogP contribution in [0.3, 0.4) is 0 Å². The van der Waals surface area contributed by atoms with E-state index in [1.165, 1.54) is 11.3 Å². The minimum absolute atomic E-state index is 0.0755. The van der Waals surface area contributed by atoms with E-state index in [1.807, 2.05) is 24.3 Å². The molecule has 0 saturated heterocycles. The summed E-state index contributed by atoms with van der Waals surface area (Å²) >= 11 is 1.41. The Kier molecular flexibility index (Phi) is 4.52. The molecule has 0 radical (unpaired) electrons. The van der Waals surface area contributed by atoms with Gasteiger partial charge in [0.1, 0.15) is 10.7 Å². The summed E-state index contributed by atoms with van der Waals surface area (Å²) in [4.78, 5) is 16.6. The standard InChI is InChI=1S/C16H18N2O3S/c1-21-8-15-17-14(9-22-15)16(20)18-13-6-10(7-19)11-4-2-3-5-12(11)13/h2-5,9-10,13,19H,6-8H2,1H3,(H,18,20)/t10-,13-/m1/s1. The molecule has 1 heterocycles. The molecule has 0 unspecified atom stereocenters. The van der Waals surface area contributed by atoms with E-state index in [2.05, 4.69) is 10.3 Å². The first-order valence-electron chi connectivity index (χ1n) is 7.16. The van der Waals surface area contributed by atoms with E-state index in [0.717, 1.165) is 22.6 Å². The molecule has 1 aromatic heterocycles. The Labute approximate surface area is 133 Å². The van der Waals surface area contributed by atoms with Gasteiger partial charge in [0.05, 0.1) is 19.3 Å². The van der Waals surface area contributed by atoms with Crippen LogP contribution in [0.5, 0.6) is 0 Å². The third-order valence-electron chi connectivity index (χ3n) is 3.91. The van der Waals surface area contributed by atoms with Crippen LogP contribution in [-0.4, -0.2) is 29.7 Å². The van der Waals surface area contributed by atoms with E-state index in [9.17, 15) is 9.90 Å². The summed E-state index contributed by atoms with van der Waals surface area (Å²) in [5, 5.41) is 15.1. The number of carbonyl (C=O) groups excluding carboxylic acids is 1. The molecule has 2 atom stereocenters. The number of benzene rings is 1. The summed E-state index contributed by atoms with van der Waals surface area (Å²) in [5.41, 5.74) is 2.62. The molecule has 1 aromatic carbocycles. The highest BCUT2D eigenvalue weighted by Gasteiger charge is 2.31. The number of aromatic nitrogens is 1. The molecule has 1 amide bonds. The second-order valence-corrected chi connectivity index (χ2v) is 6.27. The fourth-order valence-electron chi connectivity index (χ4n) is 2.89. The van der Waals surface area contributed by atoms with Crippen LogP contribution in [0.2, 0.25) is 0 Å². The van der Waals surface area contributed by atoms with Crippen molar-refractivity contribution in [2.45, 2.75) is 25.0 Å². The van der Waals surface area contributed by atoms with Crippen molar-refractivity contribution in [2.24, 2.45) is 0 Å². The predicted molar refractivity (Wildman–Crippen MR) is 83.9 cm³/mol. The summed E-state index contributed by atoms with van der Waals surface area (Å²) in [6, 6.07) is 7.86. The first-order chi connectivity index (χ1) is 10.7. The number of fused-ring (bicyclic) bond motifs is 1. The maximum atomic E-state index is 12.4. The summed E-state index contributed by atoms with van der Waals surface area (Å²) in [6.07, 6.45) is 0.719. The highest BCUT2D eigenvalue weighted by atomic mass is 32.1. The van der Waals surface area contributed by atoms with Gasteiger partial charge in [0.25, 0.3) is 5.91 Å². The zero-order chi connectivity index (χ0) is 15.5. The van der Waals surface area contributed by atoms with Gasteiger partial charge in [-0.1, -0.05) is 24.3 Å². The van der Waals surface area contributed by atoms with Crippen molar-refractivity contribution in [3.05, 3.63) is 51.5 Å². The molecule has 3 rings (SSSR count). The van der Waals surface area contributed by atoms with Crippen LogP contribution < -0.4 is 5.32 Å². The Balaban J connectivity index is 1.74. The van der Waals surface area contributed by atoms with Crippen LogP contribution in [0.1, 0.15) is 45.0 Å². The van der Waals surface area contributed by atoms with Crippen LogP contribution >= 0.6 is 11.3 Å². The molecular formula is C16H18N2O3S. The van der Waals surface area contributed by atoms with Crippen LogP contribution in [0.15, 0.2) is 29.6 Å². The maximum absolute atomic E-state index is 12.4. The number of rotatable bonds is 5. The van der Waals surface area contributed by atoms with Gasteiger partial charge in [0.15, 0.2) is 0 Å². The van der Waals surface area contributed by atoms with Crippen molar-refractivity contribution in [3.8, 4) is 0 Å². The Morgan fingerprint density at radius 1 is 1.45 bits per heavy atom. The van der Waals surface area contributed by atoms with E-state index in [0.29, 0.717) is 12.3 Å². The molecule has 1 aliphatic carbocycles. The molecule has 5 nitrogen and oxygen atoms in total. The monoisotopic (exact) mass is 318 g/mol. The largest absolute Gasteiger partial charge is 0.396 e. The number of carbonyl (C=O) groups is 1. The highest BCUT2D eigenvalue weighted by Crippen LogP contribution is 2.39. The van der Waals surface area contributed by atoms with E-state index in [-0.39, 0.29) is 24.5 Å². The smallest absolute Gasteiger partial charge is 0.271 e. The number of nitrogens with zero attached hydrogens (tertiary/aromatic N) is 1. The zero-order valence-electron chi connectivity index (χ0n) is 12.3. The lowest BCUT2D eigenvalue weighted by Crippen LogP contribution is -2.27.